The van der Waals surface area contributed by atoms with Gasteiger partial charge in [-0.25, -0.2) is 31.0 Å². The molecule has 1 amide bonds. The minimum absolute atomic E-state index is 0.0722. The van der Waals surface area contributed by atoms with Crippen LogP contribution in [-0.4, -0.2) is 59.0 Å². The lowest BCUT2D eigenvalue weighted by Gasteiger charge is -2.31. The summed E-state index contributed by atoms with van der Waals surface area (Å²) in [5.41, 5.74) is 0.874. The van der Waals surface area contributed by atoms with Crippen molar-refractivity contribution in [2.75, 3.05) is 24.1 Å². The lowest BCUT2D eigenvalue weighted by atomic mass is 9.97. The maximum Gasteiger partial charge on any atom is 0.282 e. The number of anilines is 1. The van der Waals surface area contributed by atoms with Crippen molar-refractivity contribution in [3.8, 4) is 0 Å². The third-order valence-electron chi connectivity index (χ3n) is 6.85. The fourth-order valence-corrected chi connectivity index (χ4v) is 6.42. The molecule has 0 aliphatic carbocycles. The first-order valence-corrected chi connectivity index (χ1v) is 15.4. The molecule has 220 valence electrons. The Balaban J connectivity index is 1.18. The number of benzene rings is 1. The van der Waals surface area contributed by atoms with Gasteiger partial charge in [0.15, 0.2) is 6.10 Å². The maximum absolute atomic E-state index is 13.3. The molecule has 1 atom stereocenters. The number of amides is 1. The second-order valence-corrected chi connectivity index (χ2v) is 12.4. The van der Waals surface area contributed by atoms with E-state index < -0.39 is 52.8 Å². The smallest absolute Gasteiger partial charge is 0.282 e. The van der Waals surface area contributed by atoms with E-state index in [1.54, 1.807) is 24.3 Å². The molecule has 41 heavy (non-hydrogen) atoms. The topological polar surface area (TPSA) is 119 Å². The maximum atomic E-state index is 13.3. The zero-order valence-corrected chi connectivity index (χ0v) is 23.3. The molecule has 1 N–H and O–H groups in total. The van der Waals surface area contributed by atoms with Gasteiger partial charge in [-0.15, -0.1) is 11.3 Å². The zero-order valence-electron chi connectivity index (χ0n) is 21.7. The summed E-state index contributed by atoms with van der Waals surface area (Å²) in [5, 5.41) is 10.4. The van der Waals surface area contributed by atoms with Crippen molar-refractivity contribution in [3.63, 3.8) is 0 Å². The third kappa shape index (κ3) is 6.69. The van der Waals surface area contributed by atoms with E-state index in [-0.39, 0.29) is 5.92 Å². The first-order chi connectivity index (χ1) is 19.5. The molecule has 3 aromatic rings. The molecule has 2 aliphatic heterocycles. The molecule has 16 heteroatoms. The Morgan fingerprint density at radius 3 is 2.59 bits per heavy atom. The van der Waals surface area contributed by atoms with Crippen LogP contribution in [0.1, 0.15) is 71.8 Å². The summed E-state index contributed by atoms with van der Waals surface area (Å²) in [7, 11) is -3.48. The van der Waals surface area contributed by atoms with Crippen LogP contribution in [0, 0.1) is 0 Å². The van der Waals surface area contributed by atoms with Gasteiger partial charge in [0.05, 0.1) is 22.6 Å². The van der Waals surface area contributed by atoms with Crippen LogP contribution in [0.5, 0.6) is 0 Å². The van der Waals surface area contributed by atoms with Crippen LogP contribution in [0.15, 0.2) is 40.9 Å². The summed E-state index contributed by atoms with van der Waals surface area (Å²) in [6.07, 6.45) is -3.85. The van der Waals surface area contributed by atoms with Crippen molar-refractivity contribution in [3.05, 3.63) is 63.4 Å². The Morgan fingerprint density at radius 2 is 1.90 bits per heavy atom. The molecule has 10 nitrogen and oxygen atoms in total. The van der Waals surface area contributed by atoms with E-state index in [9.17, 15) is 30.8 Å². The Morgan fingerprint density at radius 1 is 1.17 bits per heavy atom. The number of halogens is 4. The van der Waals surface area contributed by atoms with Gasteiger partial charge in [-0.2, -0.15) is 5.10 Å². The average molecular weight is 615 g/mol. The summed E-state index contributed by atoms with van der Waals surface area (Å²) in [6.45, 7) is 0.186. The van der Waals surface area contributed by atoms with Crippen molar-refractivity contribution in [2.24, 2.45) is 5.16 Å². The molecular formula is C25H26F4N6O4S2. The highest BCUT2D eigenvalue weighted by molar-refractivity contribution is 7.92. The van der Waals surface area contributed by atoms with E-state index in [0.29, 0.717) is 65.8 Å². The quantitative estimate of drug-likeness (QED) is 0.344. The molecule has 1 aromatic carbocycles. The van der Waals surface area contributed by atoms with Crippen LogP contribution in [0.2, 0.25) is 0 Å². The van der Waals surface area contributed by atoms with Crippen molar-refractivity contribution in [2.45, 2.75) is 50.7 Å². The second kappa shape index (κ2) is 11.8. The summed E-state index contributed by atoms with van der Waals surface area (Å²) in [4.78, 5) is 24.6. The monoisotopic (exact) mass is 614 g/mol. The number of alkyl halides is 4. The number of aromatic nitrogens is 3. The molecule has 0 spiro atoms. The fraction of sp³-hybridized carbons (Fsp3) is 0.440. The van der Waals surface area contributed by atoms with Crippen molar-refractivity contribution >= 4 is 38.7 Å². The Labute approximate surface area is 237 Å². The number of likely N-dealkylation sites (tertiary alicyclic amines) is 1. The van der Waals surface area contributed by atoms with Crippen molar-refractivity contribution in [1.82, 2.24) is 19.7 Å². The van der Waals surface area contributed by atoms with E-state index in [1.807, 2.05) is 5.38 Å². The van der Waals surface area contributed by atoms with Gasteiger partial charge in [-0.05, 0) is 25.0 Å². The van der Waals surface area contributed by atoms with Crippen LogP contribution in [0.3, 0.4) is 0 Å². The molecule has 4 heterocycles. The van der Waals surface area contributed by atoms with E-state index >= 15 is 0 Å². The number of hydrogen-bond donors (Lipinski definition) is 1. The van der Waals surface area contributed by atoms with Crippen LogP contribution in [-0.2, 0) is 26.2 Å². The number of hydrogen-bond acceptors (Lipinski definition) is 8. The van der Waals surface area contributed by atoms with Gasteiger partial charge in [0.25, 0.3) is 12.9 Å². The number of para-hydroxylation sites is 1. The zero-order chi connectivity index (χ0) is 29.3. The third-order valence-corrected chi connectivity index (χ3v) is 8.45. The van der Waals surface area contributed by atoms with Gasteiger partial charge in [0, 0.05) is 36.4 Å². The van der Waals surface area contributed by atoms with Crippen LogP contribution in [0.4, 0.5) is 23.2 Å². The SMILES string of the molecule is CS(=O)(=O)Nc1ccccc1C1CC(c2csc(C3CCN(C(=O)Cn4nc(C(F)F)cc4C(F)F)CC3)n2)=NO1. The van der Waals surface area contributed by atoms with E-state index in [4.69, 9.17) is 9.82 Å². The highest BCUT2D eigenvalue weighted by atomic mass is 32.2. The number of carbonyl (C=O) groups is 1. The van der Waals surface area contributed by atoms with E-state index in [2.05, 4.69) is 15.0 Å². The second-order valence-electron chi connectivity index (χ2n) is 9.78. The normalized spacial score (nSPS) is 18.2. The summed E-state index contributed by atoms with van der Waals surface area (Å²) in [5.74, 6) is -0.397. The first kappa shape index (κ1) is 29.0. The number of nitrogens with one attached hydrogen (secondary N) is 1. The summed E-state index contributed by atoms with van der Waals surface area (Å²) < 4.78 is 79.0. The minimum Gasteiger partial charge on any atom is -0.387 e. The molecule has 5 rings (SSSR count). The standard InChI is InChI=1S/C25H26F4N6O4S2/c1-41(37,38)33-16-5-3-2-4-15(16)21-11-17(32-39-21)19-13-40-25(30-19)14-6-8-34(9-7-14)22(36)12-35-20(24(28)29)10-18(31-35)23(26)27/h2-5,10,13-14,21,23-24,33H,6-9,11-12H2,1H3. The average Bonchev–Trinajstić information content (AvgIpc) is 3.68. The molecule has 2 aliphatic rings. The molecular weight excluding hydrogens is 588 g/mol. The molecule has 0 saturated carbocycles. The van der Waals surface area contributed by atoms with Gasteiger partial charge in [0.1, 0.15) is 23.6 Å². The van der Waals surface area contributed by atoms with Crippen LogP contribution >= 0.6 is 11.3 Å². The highest BCUT2D eigenvalue weighted by Gasteiger charge is 2.31. The van der Waals surface area contributed by atoms with Crippen molar-refractivity contribution in [1.29, 1.82) is 0 Å². The largest absolute Gasteiger partial charge is 0.387 e. The number of nitrogens with zero attached hydrogens (tertiary/aromatic N) is 5. The van der Waals surface area contributed by atoms with E-state index in [1.165, 1.54) is 16.2 Å². The van der Waals surface area contributed by atoms with Gasteiger partial charge >= 0.3 is 0 Å². The number of rotatable bonds is 9. The number of thiazole rings is 1. The number of sulfonamides is 1. The molecule has 1 unspecified atom stereocenters. The van der Waals surface area contributed by atoms with Gasteiger partial charge < -0.3 is 9.74 Å². The molecule has 0 radical (unpaired) electrons. The first-order valence-electron chi connectivity index (χ1n) is 12.7. The Bertz CT molecular complexity index is 1550. The molecule has 1 fully saturated rings. The molecule has 2 aromatic heterocycles. The predicted octanol–water partition coefficient (Wildman–Crippen LogP) is 4.86. The van der Waals surface area contributed by atoms with Gasteiger partial charge in [0.2, 0.25) is 15.9 Å². The van der Waals surface area contributed by atoms with E-state index in [0.717, 1.165) is 11.3 Å². The van der Waals surface area contributed by atoms with Gasteiger partial charge in [-0.1, -0.05) is 23.4 Å². The lowest BCUT2D eigenvalue weighted by molar-refractivity contribution is -0.133. The molecule has 1 saturated heterocycles. The number of oxime groups is 1. The number of piperidine rings is 1. The lowest BCUT2D eigenvalue weighted by Crippen LogP contribution is -2.40. The minimum atomic E-state index is -3.48. The number of carbonyl (C=O) groups excluding carboxylic acids is 1. The Kier molecular flexibility index (Phi) is 8.31. The summed E-state index contributed by atoms with van der Waals surface area (Å²) in [6, 6.07) is 7.57. The van der Waals surface area contributed by atoms with Crippen molar-refractivity contribution < 1.29 is 35.6 Å². The fourth-order valence-electron chi connectivity index (χ4n) is 4.84. The van der Waals surface area contributed by atoms with Crippen LogP contribution < -0.4 is 4.72 Å². The van der Waals surface area contributed by atoms with Crippen LogP contribution in [0.25, 0.3) is 0 Å². The highest BCUT2D eigenvalue weighted by Crippen LogP contribution is 2.36. The summed E-state index contributed by atoms with van der Waals surface area (Å²) >= 11 is 1.46. The van der Waals surface area contributed by atoms with Gasteiger partial charge in [-0.3, -0.25) is 14.2 Å². The predicted molar refractivity (Wildman–Crippen MR) is 143 cm³/mol. The Hall–Kier alpha value is -3.53. The molecule has 0 bridgehead atoms.